The molecule has 0 spiro atoms. The van der Waals surface area contributed by atoms with E-state index in [2.05, 4.69) is 5.32 Å². The molecule has 30 heavy (non-hydrogen) atoms. The first kappa shape index (κ1) is 24.8. The summed E-state index contributed by atoms with van der Waals surface area (Å²) in [5.74, 6) is 0.724. The first-order valence-corrected chi connectivity index (χ1v) is 11.6. The number of hydrogen-bond donors (Lipinski definition) is 1. The van der Waals surface area contributed by atoms with Gasteiger partial charge in [-0.25, -0.2) is 12.7 Å². The van der Waals surface area contributed by atoms with Crippen molar-refractivity contribution in [1.29, 1.82) is 0 Å². The van der Waals surface area contributed by atoms with Gasteiger partial charge in [0, 0.05) is 26.7 Å². The highest BCUT2D eigenvalue weighted by Crippen LogP contribution is 2.32. The van der Waals surface area contributed by atoms with E-state index in [1.54, 1.807) is 0 Å². The number of ether oxygens (including phenoxy) is 1. The van der Waals surface area contributed by atoms with Crippen LogP contribution < -0.4 is 5.32 Å². The molecule has 0 radical (unpaired) electrons. The van der Waals surface area contributed by atoms with Crippen molar-refractivity contribution in [1.82, 2.24) is 9.62 Å². The zero-order chi connectivity index (χ0) is 22.2. The van der Waals surface area contributed by atoms with E-state index in [1.807, 2.05) is 19.2 Å². The van der Waals surface area contributed by atoms with Crippen LogP contribution in [0.1, 0.15) is 31.2 Å². The van der Waals surface area contributed by atoms with Crippen molar-refractivity contribution in [2.24, 2.45) is 11.8 Å². The lowest BCUT2D eigenvalue weighted by atomic mass is 9.82. The second-order valence-corrected chi connectivity index (χ2v) is 9.81. The molecule has 0 bridgehead atoms. The summed E-state index contributed by atoms with van der Waals surface area (Å²) in [7, 11) is -0.440. The molecule has 1 aromatic rings. The van der Waals surface area contributed by atoms with E-state index in [9.17, 15) is 21.6 Å². The fourth-order valence-electron chi connectivity index (χ4n) is 3.61. The molecule has 170 valence electrons. The van der Waals surface area contributed by atoms with E-state index in [0.29, 0.717) is 25.7 Å². The van der Waals surface area contributed by atoms with E-state index in [0.717, 1.165) is 56.5 Å². The summed E-state index contributed by atoms with van der Waals surface area (Å²) in [5.41, 5.74) is -0.859. The monoisotopic (exact) mass is 448 g/mol. The third-order valence-electron chi connectivity index (χ3n) is 5.43. The predicted octanol–water partition coefficient (Wildman–Crippen LogP) is 3.92. The molecule has 1 aromatic carbocycles. The second-order valence-electron chi connectivity index (χ2n) is 7.76. The molecule has 0 heterocycles. The van der Waals surface area contributed by atoms with Crippen molar-refractivity contribution in [2.45, 2.75) is 36.8 Å². The average Bonchev–Trinajstić information content (AvgIpc) is 2.71. The fourth-order valence-corrected chi connectivity index (χ4v) is 4.86. The molecular formula is C21H31F3N2O3S. The van der Waals surface area contributed by atoms with Crippen molar-refractivity contribution in [3.8, 4) is 0 Å². The minimum Gasteiger partial charge on any atom is -0.377 e. The van der Waals surface area contributed by atoms with Crippen LogP contribution in [0.2, 0.25) is 0 Å². The van der Waals surface area contributed by atoms with Gasteiger partial charge in [-0.05, 0) is 68.8 Å². The van der Waals surface area contributed by atoms with Gasteiger partial charge in [0.25, 0.3) is 0 Å². The Labute approximate surface area is 177 Å². The molecule has 0 saturated heterocycles. The lowest BCUT2D eigenvalue weighted by Crippen LogP contribution is -2.34. The standard InChI is InChI=1S/C21H31F3N2O3S/c1-25-13-3-4-14-29-16-18-7-5-17(6-8-18)15-26(2)30(27,28)20-11-9-19(10-12-20)21(22,23)24/h3-4,9-12,17-18,25H,5-8,13-16H2,1-2H3/t17-,18-. The maximum atomic E-state index is 12.7. The van der Waals surface area contributed by atoms with Crippen molar-refractivity contribution in [3.63, 3.8) is 0 Å². The summed E-state index contributed by atoms with van der Waals surface area (Å²) in [6.45, 7) is 2.48. The van der Waals surface area contributed by atoms with Gasteiger partial charge in [0.05, 0.1) is 17.1 Å². The van der Waals surface area contributed by atoms with E-state index in [1.165, 1.54) is 11.4 Å². The number of rotatable bonds is 10. The van der Waals surface area contributed by atoms with Crippen LogP contribution in [0.3, 0.4) is 0 Å². The molecule has 1 fully saturated rings. The zero-order valence-electron chi connectivity index (χ0n) is 17.5. The molecular weight excluding hydrogens is 417 g/mol. The van der Waals surface area contributed by atoms with E-state index in [-0.39, 0.29) is 10.8 Å². The molecule has 1 aliphatic carbocycles. The topological polar surface area (TPSA) is 58.6 Å². The lowest BCUT2D eigenvalue weighted by Gasteiger charge is -2.30. The summed E-state index contributed by atoms with van der Waals surface area (Å²) >= 11 is 0. The van der Waals surface area contributed by atoms with Crippen LogP contribution >= 0.6 is 0 Å². The summed E-state index contributed by atoms with van der Waals surface area (Å²) in [5, 5.41) is 3.02. The average molecular weight is 449 g/mol. The number of hydrogen-bond acceptors (Lipinski definition) is 4. The highest BCUT2D eigenvalue weighted by Gasteiger charge is 2.32. The Morgan fingerprint density at radius 2 is 1.70 bits per heavy atom. The van der Waals surface area contributed by atoms with Crippen LogP contribution in [-0.2, 0) is 20.9 Å². The van der Waals surface area contributed by atoms with Crippen molar-refractivity contribution >= 4 is 10.0 Å². The quantitative estimate of drug-likeness (QED) is 0.435. The second kappa shape index (κ2) is 11.3. The van der Waals surface area contributed by atoms with E-state index >= 15 is 0 Å². The SMILES string of the molecule is CNCC=CCOC[C@H]1CC[C@H](CN(C)S(=O)(=O)c2ccc(C(F)(F)F)cc2)CC1. The Balaban J connectivity index is 1.80. The van der Waals surface area contributed by atoms with Gasteiger partial charge in [0.15, 0.2) is 0 Å². The Morgan fingerprint density at radius 3 is 2.27 bits per heavy atom. The minimum absolute atomic E-state index is 0.119. The van der Waals surface area contributed by atoms with E-state index in [4.69, 9.17) is 4.74 Å². The van der Waals surface area contributed by atoms with E-state index < -0.39 is 21.8 Å². The van der Waals surface area contributed by atoms with Gasteiger partial charge in [-0.15, -0.1) is 0 Å². The number of halogens is 3. The summed E-state index contributed by atoms with van der Waals surface area (Å²) in [6.07, 6.45) is 3.32. The van der Waals surface area contributed by atoms with Gasteiger partial charge < -0.3 is 10.1 Å². The number of benzene rings is 1. The lowest BCUT2D eigenvalue weighted by molar-refractivity contribution is -0.137. The number of alkyl halides is 3. The van der Waals surface area contributed by atoms with Gasteiger partial charge in [0.2, 0.25) is 10.0 Å². The Hall–Kier alpha value is -1.42. The van der Waals surface area contributed by atoms with Crippen molar-refractivity contribution in [2.75, 3.05) is 40.4 Å². The molecule has 0 atom stereocenters. The third kappa shape index (κ3) is 7.37. The van der Waals surface area contributed by atoms with Crippen LogP contribution in [0.15, 0.2) is 41.3 Å². The van der Waals surface area contributed by atoms with Gasteiger partial charge >= 0.3 is 6.18 Å². The predicted molar refractivity (Wildman–Crippen MR) is 111 cm³/mol. The van der Waals surface area contributed by atoms with Crippen LogP contribution in [-0.4, -0.2) is 53.1 Å². The van der Waals surface area contributed by atoms with Crippen LogP contribution in [0.25, 0.3) is 0 Å². The van der Waals surface area contributed by atoms with Crippen molar-refractivity contribution in [3.05, 3.63) is 42.0 Å². The summed E-state index contributed by atoms with van der Waals surface area (Å²) < 4.78 is 70.4. The third-order valence-corrected chi connectivity index (χ3v) is 7.27. The Morgan fingerprint density at radius 1 is 1.10 bits per heavy atom. The molecule has 0 aliphatic heterocycles. The largest absolute Gasteiger partial charge is 0.416 e. The highest BCUT2D eigenvalue weighted by molar-refractivity contribution is 7.89. The van der Waals surface area contributed by atoms with Crippen LogP contribution in [0.5, 0.6) is 0 Å². The number of likely N-dealkylation sites (N-methyl/N-ethyl adjacent to an activating group) is 1. The molecule has 0 aromatic heterocycles. The Kier molecular flexibility index (Phi) is 9.33. The van der Waals surface area contributed by atoms with Crippen molar-refractivity contribution < 1.29 is 26.3 Å². The van der Waals surface area contributed by atoms with Gasteiger partial charge in [-0.3, -0.25) is 0 Å². The Bertz CT molecular complexity index is 772. The summed E-state index contributed by atoms with van der Waals surface area (Å²) in [4.78, 5) is -0.119. The fraction of sp³-hybridized carbons (Fsp3) is 0.619. The molecule has 1 N–H and O–H groups in total. The van der Waals surface area contributed by atoms with Crippen LogP contribution in [0.4, 0.5) is 13.2 Å². The highest BCUT2D eigenvalue weighted by atomic mass is 32.2. The zero-order valence-corrected chi connectivity index (χ0v) is 18.3. The molecule has 0 unspecified atom stereocenters. The first-order valence-electron chi connectivity index (χ1n) is 10.2. The normalized spacial score (nSPS) is 20.9. The molecule has 5 nitrogen and oxygen atoms in total. The molecule has 9 heteroatoms. The van der Waals surface area contributed by atoms with Crippen LogP contribution in [0, 0.1) is 11.8 Å². The summed E-state index contributed by atoms with van der Waals surface area (Å²) in [6, 6.07) is 3.65. The molecule has 1 saturated carbocycles. The number of nitrogens with zero attached hydrogens (tertiary/aromatic N) is 1. The first-order chi connectivity index (χ1) is 14.1. The minimum atomic E-state index is -4.49. The smallest absolute Gasteiger partial charge is 0.377 e. The number of nitrogens with one attached hydrogen (secondary N) is 1. The molecule has 2 rings (SSSR count). The molecule has 0 amide bonds. The number of sulfonamides is 1. The van der Waals surface area contributed by atoms with Gasteiger partial charge in [-0.2, -0.15) is 13.2 Å². The van der Waals surface area contributed by atoms with Gasteiger partial charge in [0.1, 0.15) is 0 Å². The maximum absolute atomic E-state index is 12.7. The maximum Gasteiger partial charge on any atom is 0.416 e. The van der Waals surface area contributed by atoms with Gasteiger partial charge in [-0.1, -0.05) is 12.2 Å². The molecule has 1 aliphatic rings.